The van der Waals surface area contributed by atoms with E-state index in [1.165, 1.54) is 6.07 Å². The highest BCUT2D eigenvalue weighted by Gasteiger charge is 2.49. The van der Waals surface area contributed by atoms with E-state index in [0.717, 1.165) is 49.4 Å². The molecule has 1 aliphatic heterocycles. The molecule has 2 aromatic carbocycles. The summed E-state index contributed by atoms with van der Waals surface area (Å²) in [5.41, 5.74) is 1.28. The van der Waals surface area contributed by atoms with E-state index in [9.17, 15) is 9.50 Å². The Balaban J connectivity index is 1.39. The van der Waals surface area contributed by atoms with Gasteiger partial charge in [0, 0.05) is 19.6 Å². The standard InChI is InChI=1S/C23H28FNO2/c1-16(17-5-3-7-21(24)9-17)13-25-14-18-11-23(26,12-19(18)15-25)20-6-4-8-22(10-20)27-2/h3-10,16,18-19,26H,11-15H2,1-2H3/t16?,18-,19+,23?. The van der Waals surface area contributed by atoms with Gasteiger partial charge >= 0.3 is 0 Å². The Morgan fingerprint density at radius 3 is 2.52 bits per heavy atom. The molecule has 2 aliphatic rings. The van der Waals surface area contributed by atoms with E-state index in [1.54, 1.807) is 19.2 Å². The summed E-state index contributed by atoms with van der Waals surface area (Å²) in [4.78, 5) is 2.48. The van der Waals surface area contributed by atoms with Crippen LogP contribution in [0.15, 0.2) is 48.5 Å². The molecule has 1 saturated heterocycles. The van der Waals surface area contributed by atoms with Gasteiger partial charge in [-0.05, 0) is 66.0 Å². The van der Waals surface area contributed by atoms with Crippen LogP contribution in [0, 0.1) is 17.7 Å². The van der Waals surface area contributed by atoms with Gasteiger partial charge in [-0.1, -0.05) is 31.2 Å². The highest BCUT2D eigenvalue weighted by atomic mass is 19.1. The molecule has 1 aliphatic carbocycles. The number of halogens is 1. The van der Waals surface area contributed by atoms with E-state index in [4.69, 9.17) is 4.74 Å². The molecule has 1 heterocycles. The molecule has 144 valence electrons. The second-order valence-corrected chi connectivity index (χ2v) is 8.37. The van der Waals surface area contributed by atoms with Crippen LogP contribution in [0.25, 0.3) is 0 Å². The monoisotopic (exact) mass is 369 g/mol. The van der Waals surface area contributed by atoms with Crippen molar-refractivity contribution in [2.24, 2.45) is 11.8 Å². The van der Waals surface area contributed by atoms with E-state index in [2.05, 4.69) is 11.8 Å². The Morgan fingerprint density at radius 2 is 1.85 bits per heavy atom. The van der Waals surface area contributed by atoms with Crippen molar-refractivity contribution in [3.8, 4) is 5.75 Å². The molecular formula is C23H28FNO2. The third-order valence-electron chi connectivity index (χ3n) is 6.41. The normalized spacial score (nSPS) is 28.9. The van der Waals surface area contributed by atoms with Crippen molar-refractivity contribution in [1.29, 1.82) is 0 Å². The number of likely N-dealkylation sites (tertiary alicyclic amines) is 1. The molecule has 1 saturated carbocycles. The quantitative estimate of drug-likeness (QED) is 0.859. The van der Waals surface area contributed by atoms with Crippen molar-refractivity contribution in [2.45, 2.75) is 31.3 Å². The van der Waals surface area contributed by atoms with Gasteiger partial charge in [0.05, 0.1) is 12.7 Å². The molecule has 27 heavy (non-hydrogen) atoms. The molecule has 4 rings (SSSR count). The van der Waals surface area contributed by atoms with E-state index in [0.29, 0.717) is 17.8 Å². The average Bonchev–Trinajstić information content (AvgIpc) is 3.16. The maximum absolute atomic E-state index is 13.5. The molecule has 0 amide bonds. The van der Waals surface area contributed by atoms with Crippen LogP contribution in [-0.2, 0) is 5.60 Å². The molecule has 4 heteroatoms. The van der Waals surface area contributed by atoms with E-state index in [1.807, 2.05) is 30.3 Å². The average molecular weight is 369 g/mol. The number of rotatable bonds is 5. The van der Waals surface area contributed by atoms with Gasteiger partial charge in [-0.25, -0.2) is 4.39 Å². The number of benzene rings is 2. The zero-order chi connectivity index (χ0) is 19.0. The number of ether oxygens (including phenoxy) is 1. The summed E-state index contributed by atoms with van der Waals surface area (Å²) in [5.74, 6) is 1.96. The van der Waals surface area contributed by atoms with Crippen molar-refractivity contribution < 1.29 is 14.2 Å². The van der Waals surface area contributed by atoms with Crippen LogP contribution in [0.3, 0.4) is 0 Å². The minimum absolute atomic E-state index is 0.166. The first-order valence-corrected chi connectivity index (χ1v) is 9.81. The van der Waals surface area contributed by atoms with Crippen molar-refractivity contribution in [3.63, 3.8) is 0 Å². The Hall–Kier alpha value is -1.91. The Bertz CT molecular complexity index is 794. The van der Waals surface area contributed by atoms with Crippen molar-refractivity contribution >= 4 is 0 Å². The summed E-state index contributed by atoms with van der Waals surface area (Å²) in [6, 6.07) is 14.8. The van der Waals surface area contributed by atoms with Crippen LogP contribution in [0.2, 0.25) is 0 Å². The minimum Gasteiger partial charge on any atom is -0.497 e. The molecule has 0 aromatic heterocycles. The SMILES string of the molecule is COc1cccc(C2(O)C[C@H]3CN(CC(C)c4cccc(F)c4)C[C@H]3C2)c1. The molecule has 0 radical (unpaired) electrons. The fourth-order valence-electron chi connectivity index (χ4n) is 5.05. The Labute approximate surface area is 160 Å². The highest BCUT2D eigenvalue weighted by Crippen LogP contribution is 2.49. The van der Waals surface area contributed by atoms with Crippen LogP contribution in [0.1, 0.15) is 36.8 Å². The molecule has 4 atom stereocenters. The molecule has 2 unspecified atom stereocenters. The molecule has 2 fully saturated rings. The van der Waals surface area contributed by atoms with Crippen LogP contribution in [0.4, 0.5) is 4.39 Å². The second kappa shape index (κ2) is 7.25. The predicted molar refractivity (Wildman–Crippen MR) is 104 cm³/mol. The van der Waals surface area contributed by atoms with Crippen molar-refractivity contribution in [2.75, 3.05) is 26.7 Å². The Kier molecular flexibility index (Phi) is 4.95. The van der Waals surface area contributed by atoms with E-state index < -0.39 is 5.60 Å². The summed E-state index contributed by atoms with van der Waals surface area (Å²) in [6.45, 7) is 5.12. The smallest absolute Gasteiger partial charge is 0.123 e. The van der Waals surface area contributed by atoms with Gasteiger partial charge in [-0.15, -0.1) is 0 Å². The number of nitrogens with zero attached hydrogens (tertiary/aromatic N) is 1. The van der Waals surface area contributed by atoms with Gasteiger partial charge in [0.1, 0.15) is 11.6 Å². The van der Waals surface area contributed by atoms with Crippen LogP contribution in [-0.4, -0.2) is 36.8 Å². The van der Waals surface area contributed by atoms with Gasteiger partial charge in [0.2, 0.25) is 0 Å². The zero-order valence-electron chi connectivity index (χ0n) is 16.1. The molecule has 3 nitrogen and oxygen atoms in total. The summed E-state index contributed by atoms with van der Waals surface area (Å²) in [5, 5.41) is 11.2. The summed E-state index contributed by atoms with van der Waals surface area (Å²) < 4.78 is 18.8. The first-order valence-electron chi connectivity index (χ1n) is 9.81. The fraction of sp³-hybridized carbons (Fsp3) is 0.478. The highest BCUT2D eigenvalue weighted by molar-refractivity contribution is 5.33. The molecule has 1 N–H and O–H groups in total. The molecule has 2 aromatic rings. The number of fused-ring (bicyclic) bond motifs is 1. The lowest BCUT2D eigenvalue weighted by molar-refractivity contribution is 0.0310. The van der Waals surface area contributed by atoms with Gasteiger partial charge in [-0.3, -0.25) is 0 Å². The van der Waals surface area contributed by atoms with Gasteiger partial charge in [0.25, 0.3) is 0 Å². The lowest BCUT2D eigenvalue weighted by atomic mass is 9.90. The predicted octanol–water partition coefficient (Wildman–Crippen LogP) is 4.17. The third-order valence-corrected chi connectivity index (χ3v) is 6.41. The van der Waals surface area contributed by atoms with E-state index in [-0.39, 0.29) is 5.82 Å². The summed E-state index contributed by atoms with van der Waals surface area (Å²) in [7, 11) is 1.66. The van der Waals surface area contributed by atoms with E-state index >= 15 is 0 Å². The summed E-state index contributed by atoms with van der Waals surface area (Å²) in [6.07, 6.45) is 1.60. The Morgan fingerprint density at radius 1 is 1.15 bits per heavy atom. The van der Waals surface area contributed by atoms with Crippen LogP contribution in [0.5, 0.6) is 5.75 Å². The maximum atomic E-state index is 13.5. The summed E-state index contributed by atoms with van der Waals surface area (Å²) >= 11 is 0. The topological polar surface area (TPSA) is 32.7 Å². The fourth-order valence-corrected chi connectivity index (χ4v) is 5.05. The van der Waals surface area contributed by atoms with Gasteiger partial charge in [0.15, 0.2) is 0 Å². The van der Waals surface area contributed by atoms with Crippen LogP contribution >= 0.6 is 0 Å². The molecule has 0 bridgehead atoms. The van der Waals surface area contributed by atoms with Gasteiger partial charge in [-0.2, -0.15) is 0 Å². The number of aliphatic hydroxyl groups is 1. The minimum atomic E-state index is -0.746. The lowest BCUT2D eigenvalue weighted by Gasteiger charge is -2.28. The number of hydrogen-bond donors (Lipinski definition) is 1. The molecule has 0 spiro atoms. The second-order valence-electron chi connectivity index (χ2n) is 8.37. The first-order chi connectivity index (χ1) is 13.0. The number of methoxy groups -OCH3 is 1. The maximum Gasteiger partial charge on any atom is 0.123 e. The number of hydrogen-bond acceptors (Lipinski definition) is 3. The third kappa shape index (κ3) is 3.74. The van der Waals surface area contributed by atoms with Crippen LogP contribution < -0.4 is 4.74 Å². The first kappa shape index (κ1) is 18.5. The molecular weight excluding hydrogens is 341 g/mol. The van der Waals surface area contributed by atoms with Crippen molar-refractivity contribution in [3.05, 3.63) is 65.5 Å². The zero-order valence-corrected chi connectivity index (χ0v) is 16.1. The van der Waals surface area contributed by atoms with Crippen molar-refractivity contribution in [1.82, 2.24) is 4.90 Å². The lowest BCUT2D eigenvalue weighted by Crippen LogP contribution is -2.30. The largest absolute Gasteiger partial charge is 0.497 e. The van der Waals surface area contributed by atoms with Gasteiger partial charge < -0.3 is 14.7 Å².